The number of hydrogen-bond acceptors (Lipinski definition) is 4. The topological polar surface area (TPSA) is 84.9 Å². The number of carboxylic acids is 1. The maximum atomic E-state index is 12.3. The number of hydrogen-bond donors (Lipinski definition) is 2. The van der Waals surface area contributed by atoms with Gasteiger partial charge in [-0.1, -0.05) is 19.8 Å². The van der Waals surface area contributed by atoms with Crippen molar-refractivity contribution in [2.75, 3.05) is 26.4 Å². The molecule has 1 aromatic rings. The van der Waals surface area contributed by atoms with Crippen LogP contribution in [0.3, 0.4) is 0 Å². The van der Waals surface area contributed by atoms with Gasteiger partial charge in [-0.25, -0.2) is 0 Å². The maximum absolute atomic E-state index is 12.3. The van der Waals surface area contributed by atoms with Crippen LogP contribution in [0.4, 0.5) is 0 Å². The van der Waals surface area contributed by atoms with Crippen molar-refractivity contribution in [2.45, 2.75) is 39.0 Å². The fourth-order valence-corrected chi connectivity index (χ4v) is 2.82. The molecule has 1 heterocycles. The Kier molecular flexibility index (Phi) is 7.25. The molecule has 25 heavy (non-hydrogen) atoms. The highest BCUT2D eigenvalue weighted by molar-refractivity contribution is 5.94. The summed E-state index contributed by atoms with van der Waals surface area (Å²) in [5.74, 6) is -0.421. The number of ether oxygens (including phenoxy) is 2. The SMILES string of the molecule is CCCCCOc1ccc(C(=O)NCC2(C(=O)O)CCOCC2)cc1. The van der Waals surface area contributed by atoms with Crippen LogP contribution in [0.15, 0.2) is 24.3 Å². The van der Waals surface area contributed by atoms with E-state index in [0.717, 1.165) is 25.0 Å². The zero-order valence-corrected chi connectivity index (χ0v) is 14.8. The van der Waals surface area contributed by atoms with Gasteiger partial charge in [0.05, 0.1) is 12.0 Å². The van der Waals surface area contributed by atoms with E-state index in [1.54, 1.807) is 24.3 Å². The van der Waals surface area contributed by atoms with Gasteiger partial charge in [-0.05, 0) is 43.5 Å². The van der Waals surface area contributed by atoms with E-state index in [9.17, 15) is 14.7 Å². The highest BCUT2D eigenvalue weighted by Crippen LogP contribution is 2.30. The van der Waals surface area contributed by atoms with Gasteiger partial charge >= 0.3 is 5.97 Å². The molecule has 1 aliphatic rings. The summed E-state index contributed by atoms with van der Waals surface area (Å²) in [4.78, 5) is 23.9. The van der Waals surface area contributed by atoms with E-state index in [-0.39, 0.29) is 12.5 Å². The van der Waals surface area contributed by atoms with Crippen molar-refractivity contribution in [1.29, 1.82) is 0 Å². The molecule has 0 saturated carbocycles. The zero-order chi connectivity index (χ0) is 18.1. The smallest absolute Gasteiger partial charge is 0.311 e. The average molecular weight is 349 g/mol. The Morgan fingerprint density at radius 2 is 1.88 bits per heavy atom. The van der Waals surface area contributed by atoms with Gasteiger partial charge in [0.25, 0.3) is 5.91 Å². The molecule has 0 aromatic heterocycles. The predicted molar refractivity (Wildman–Crippen MR) is 93.9 cm³/mol. The first-order valence-corrected chi connectivity index (χ1v) is 8.89. The van der Waals surface area contributed by atoms with Crippen LogP contribution < -0.4 is 10.1 Å². The minimum atomic E-state index is -0.934. The number of benzene rings is 1. The first kappa shape index (κ1) is 19.2. The van der Waals surface area contributed by atoms with Crippen LogP contribution >= 0.6 is 0 Å². The van der Waals surface area contributed by atoms with E-state index in [0.29, 0.717) is 38.2 Å². The molecule has 0 unspecified atom stereocenters. The van der Waals surface area contributed by atoms with E-state index < -0.39 is 11.4 Å². The third-order valence-electron chi connectivity index (χ3n) is 4.62. The monoisotopic (exact) mass is 349 g/mol. The summed E-state index contributed by atoms with van der Waals surface area (Å²) in [6.45, 7) is 3.74. The van der Waals surface area contributed by atoms with Gasteiger partial charge in [0.2, 0.25) is 0 Å². The molecule has 0 aliphatic carbocycles. The molecule has 1 aromatic carbocycles. The number of carbonyl (C=O) groups excluding carboxylic acids is 1. The standard InChI is InChI=1S/C19H27NO5/c1-2-3-4-11-25-16-7-5-15(6-8-16)17(21)20-14-19(18(22)23)9-12-24-13-10-19/h5-8H,2-4,9-14H2,1H3,(H,20,21)(H,22,23). The van der Waals surface area contributed by atoms with Crippen molar-refractivity contribution in [2.24, 2.45) is 5.41 Å². The predicted octanol–water partition coefficient (Wildman–Crippen LogP) is 2.87. The van der Waals surface area contributed by atoms with Gasteiger partial charge in [-0.3, -0.25) is 9.59 Å². The highest BCUT2D eigenvalue weighted by Gasteiger charge is 2.40. The van der Waals surface area contributed by atoms with Gasteiger partial charge < -0.3 is 19.9 Å². The molecule has 0 atom stereocenters. The van der Waals surface area contributed by atoms with E-state index in [2.05, 4.69) is 12.2 Å². The Bertz CT molecular complexity index is 564. The largest absolute Gasteiger partial charge is 0.494 e. The Balaban J connectivity index is 1.86. The van der Waals surface area contributed by atoms with Crippen LogP contribution in [0.5, 0.6) is 5.75 Å². The first-order chi connectivity index (χ1) is 12.1. The van der Waals surface area contributed by atoms with E-state index in [1.165, 1.54) is 0 Å². The van der Waals surface area contributed by atoms with Crippen LogP contribution in [0, 0.1) is 5.41 Å². The summed E-state index contributed by atoms with van der Waals surface area (Å²) in [6.07, 6.45) is 4.11. The van der Waals surface area contributed by atoms with Gasteiger partial charge in [0.1, 0.15) is 5.75 Å². The molecular weight excluding hydrogens is 322 g/mol. The molecule has 6 heteroatoms. The summed E-state index contributed by atoms with van der Waals surface area (Å²) in [6, 6.07) is 6.92. The summed E-state index contributed by atoms with van der Waals surface area (Å²) < 4.78 is 10.9. The number of unbranched alkanes of at least 4 members (excludes halogenated alkanes) is 2. The summed E-state index contributed by atoms with van der Waals surface area (Å²) in [7, 11) is 0. The third-order valence-corrected chi connectivity index (χ3v) is 4.62. The van der Waals surface area contributed by atoms with Crippen LogP contribution in [-0.2, 0) is 9.53 Å². The minimum absolute atomic E-state index is 0.111. The number of rotatable bonds is 9. The van der Waals surface area contributed by atoms with Gasteiger partial charge in [-0.2, -0.15) is 0 Å². The molecule has 2 N–H and O–H groups in total. The highest BCUT2D eigenvalue weighted by atomic mass is 16.5. The fraction of sp³-hybridized carbons (Fsp3) is 0.579. The Morgan fingerprint density at radius 1 is 1.20 bits per heavy atom. The summed E-state index contributed by atoms with van der Waals surface area (Å²) >= 11 is 0. The molecular formula is C19H27NO5. The fourth-order valence-electron chi connectivity index (χ4n) is 2.82. The molecule has 138 valence electrons. The first-order valence-electron chi connectivity index (χ1n) is 8.89. The normalized spacial score (nSPS) is 16.2. The van der Waals surface area contributed by atoms with Crippen molar-refractivity contribution in [3.63, 3.8) is 0 Å². The van der Waals surface area contributed by atoms with Crippen molar-refractivity contribution in [1.82, 2.24) is 5.32 Å². The van der Waals surface area contributed by atoms with Crippen molar-refractivity contribution in [3.05, 3.63) is 29.8 Å². The molecule has 0 spiro atoms. The zero-order valence-electron chi connectivity index (χ0n) is 14.8. The quantitative estimate of drug-likeness (QED) is 0.670. The lowest BCUT2D eigenvalue weighted by Crippen LogP contribution is -2.46. The Morgan fingerprint density at radius 3 is 2.48 bits per heavy atom. The van der Waals surface area contributed by atoms with Crippen molar-refractivity contribution >= 4 is 11.9 Å². The van der Waals surface area contributed by atoms with Crippen LogP contribution in [0.25, 0.3) is 0 Å². The molecule has 6 nitrogen and oxygen atoms in total. The molecule has 1 saturated heterocycles. The molecule has 1 aliphatic heterocycles. The van der Waals surface area contributed by atoms with E-state index >= 15 is 0 Å². The molecule has 0 bridgehead atoms. The van der Waals surface area contributed by atoms with Crippen LogP contribution in [0.1, 0.15) is 49.4 Å². The minimum Gasteiger partial charge on any atom is -0.494 e. The second kappa shape index (κ2) is 9.42. The Hall–Kier alpha value is -2.08. The maximum Gasteiger partial charge on any atom is 0.311 e. The van der Waals surface area contributed by atoms with E-state index in [4.69, 9.17) is 9.47 Å². The number of carbonyl (C=O) groups is 2. The van der Waals surface area contributed by atoms with Crippen molar-refractivity contribution < 1.29 is 24.2 Å². The number of amides is 1. The van der Waals surface area contributed by atoms with Crippen molar-refractivity contribution in [3.8, 4) is 5.75 Å². The van der Waals surface area contributed by atoms with Crippen LogP contribution in [-0.4, -0.2) is 43.3 Å². The van der Waals surface area contributed by atoms with Gasteiger partial charge in [0.15, 0.2) is 0 Å². The second-order valence-electron chi connectivity index (χ2n) is 6.46. The summed E-state index contributed by atoms with van der Waals surface area (Å²) in [5.41, 5.74) is -0.440. The third kappa shape index (κ3) is 5.46. The average Bonchev–Trinajstić information content (AvgIpc) is 2.64. The number of aliphatic carboxylic acids is 1. The number of carboxylic acid groups (broad SMARTS) is 1. The lowest BCUT2D eigenvalue weighted by molar-refractivity contribution is -0.154. The summed E-state index contributed by atoms with van der Waals surface area (Å²) in [5, 5.41) is 12.3. The molecule has 1 amide bonds. The second-order valence-corrected chi connectivity index (χ2v) is 6.46. The van der Waals surface area contributed by atoms with Crippen LogP contribution in [0.2, 0.25) is 0 Å². The number of nitrogens with one attached hydrogen (secondary N) is 1. The Labute approximate surface area is 148 Å². The van der Waals surface area contributed by atoms with E-state index in [1.807, 2.05) is 0 Å². The van der Waals surface area contributed by atoms with Gasteiger partial charge in [0, 0.05) is 25.3 Å². The lowest BCUT2D eigenvalue weighted by atomic mass is 9.80. The molecule has 1 fully saturated rings. The van der Waals surface area contributed by atoms with Gasteiger partial charge in [-0.15, -0.1) is 0 Å². The molecule has 0 radical (unpaired) electrons. The lowest BCUT2D eigenvalue weighted by Gasteiger charge is -2.33. The molecule has 2 rings (SSSR count).